The molecule has 4 nitrogen and oxygen atoms in total. The average Bonchev–Trinajstić information content (AvgIpc) is 2.45. The Bertz CT molecular complexity index is 377. The van der Waals surface area contributed by atoms with Crippen LogP contribution in [0, 0.1) is 0 Å². The Morgan fingerprint density at radius 1 is 1.09 bits per heavy atom. The highest BCUT2D eigenvalue weighted by molar-refractivity contribution is 5.85. The Labute approximate surface area is 146 Å². The van der Waals surface area contributed by atoms with Crippen molar-refractivity contribution in [3.8, 4) is 0 Å². The summed E-state index contributed by atoms with van der Waals surface area (Å²) in [5.74, 6) is 0.158. The molecule has 2 N–H and O–H groups in total. The Hall–Kier alpha value is -0.810. The number of benzene rings is 1. The maximum atomic E-state index is 11.5. The van der Waals surface area contributed by atoms with E-state index in [1.165, 1.54) is 5.56 Å². The lowest BCUT2D eigenvalue weighted by atomic mass is 10.2. The van der Waals surface area contributed by atoms with E-state index in [4.69, 9.17) is 0 Å². The van der Waals surface area contributed by atoms with Crippen LogP contribution in [0.1, 0.15) is 24.8 Å². The van der Waals surface area contributed by atoms with Gasteiger partial charge >= 0.3 is 0 Å². The number of amides is 1. The van der Waals surface area contributed by atoms with Gasteiger partial charge in [0, 0.05) is 19.5 Å². The Kier molecular flexibility index (Phi) is 16.1. The van der Waals surface area contributed by atoms with Gasteiger partial charge in [0.2, 0.25) is 5.91 Å². The molecule has 0 aliphatic rings. The third-order valence-corrected chi connectivity index (χ3v) is 3.16. The van der Waals surface area contributed by atoms with Crippen LogP contribution in [-0.2, 0) is 11.3 Å². The van der Waals surface area contributed by atoms with E-state index in [2.05, 4.69) is 46.8 Å². The van der Waals surface area contributed by atoms with Crippen LogP contribution in [0.15, 0.2) is 30.3 Å². The molecule has 0 aliphatic heterocycles. The van der Waals surface area contributed by atoms with Gasteiger partial charge in [-0.15, -0.1) is 24.8 Å². The van der Waals surface area contributed by atoms with Crippen LogP contribution in [-0.4, -0.2) is 44.5 Å². The van der Waals surface area contributed by atoms with Crippen molar-refractivity contribution in [3.05, 3.63) is 35.9 Å². The first kappa shape index (κ1) is 23.5. The summed E-state index contributed by atoms with van der Waals surface area (Å²) in [4.78, 5) is 13.8. The van der Waals surface area contributed by atoms with Gasteiger partial charge in [-0.25, -0.2) is 0 Å². The number of nitrogens with zero attached hydrogens (tertiary/aromatic N) is 1. The van der Waals surface area contributed by atoms with Crippen LogP contribution < -0.4 is 10.6 Å². The van der Waals surface area contributed by atoms with Gasteiger partial charge in [0.25, 0.3) is 0 Å². The molecule has 22 heavy (non-hydrogen) atoms. The van der Waals surface area contributed by atoms with E-state index < -0.39 is 0 Å². The third kappa shape index (κ3) is 11.8. The summed E-state index contributed by atoms with van der Waals surface area (Å²) < 4.78 is 0. The molecular formula is C16H29Cl2N3O. The zero-order valence-corrected chi connectivity index (χ0v) is 15.1. The second-order valence-electron chi connectivity index (χ2n) is 5.13. The number of halogens is 2. The standard InChI is InChI=1S/C16H27N3O.2ClH/c1-17-11-6-10-16(20)18-12-7-13-19(2)14-15-8-4-3-5-9-15;;/h3-5,8-9,17H,6-7,10-14H2,1-2H3,(H,18,20);2*1H. The van der Waals surface area contributed by atoms with Gasteiger partial charge in [0.05, 0.1) is 0 Å². The second kappa shape index (κ2) is 15.1. The molecule has 0 heterocycles. The smallest absolute Gasteiger partial charge is 0.220 e. The fourth-order valence-corrected chi connectivity index (χ4v) is 2.07. The van der Waals surface area contributed by atoms with Crippen molar-refractivity contribution < 1.29 is 4.79 Å². The van der Waals surface area contributed by atoms with Gasteiger partial charge < -0.3 is 15.5 Å². The van der Waals surface area contributed by atoms with Gasteiger partial charge in [-0.2, -0.15) is 0 Å². The lowest BCUT2D eigenvalue weighted by Crippen LogP contribution is -2.28. The van der Waals surface area contributed by atoms with Gasteiger partial charge in [-0.05, 0) is 45.6 Å². The molecule has 128 valence electrons. The summed E-state index contributed by atoms with van der Waals surface area (Å²) in [6.07, 6.45) is 2.50. The maximum Gasteiger partial charge on any atom is 0.220 e. The molecule has 0 aliphatic carbocycles. The minimum atomic E-state index is 0. The van der Waals surface area contributed by atoms with E-state index in [1.54, 1.807) is 0 Å². The molecule has 0 unspecified atom stereocenters. The van der Waals surface area contributed by atoms with Crippen molar-refractivity contribution in [3.63, 3.8) is 0 Å². The number of carbonyl (C=O) groups excluding carboxylic acids is 1. The number of nitrogens with one attached hydrogen (secondary N) is 2. The fourth-order valence-electron chi connectivity index (χ4n) is 2.07. The first-order valence-corrected chi connectivity index (χ1v) is 7.36. The van der Waals surface area contributed by atoms with Gasteiger partial charge in [-0.1, -0.05) is 30.3 Å². The fraction of sp³-hybridized carbons (Fsp3) is 0.562. The molecule has 1 aromatic carbocycles. The molecule has 1 amide bonds. The molecule has 0 saturated heterocycles. The second-order valence-corrected chi connectivity index (χ2v) is 5.13. The van der Waals surface area contributed by atoms with E-state index in [0.29, 0.717) is 6.42 Å². The highest BCUT2D eigenvalue weighted by Crippen LogP contribution is 2.02. The van der Waals surface area contributed by atoms with E-state index >= 15 is 0 Å². The number of hydrogen-bond donors (Lipinski definition) is 2. The summed E-state index contributed by atoms with van der Waals surface area (Å²) in [6.45, 7) is 3.60. The van der Waals surface area contributed by atoms with Crippen molar-refractivity contribution in [2.45, 2.75) is 25.8 Å². The summed E-state index contributed by atoms with van der Waals surface area (Å²) in [7, 11) is 4.02. The van der Waals surface area contributed by atoms with E-state index in [1.807, 2.05) is 13.1 Å². The van der Waals surface area contributed by atoms with Crippen LogP contribution in [0.4, 0.5) is 0 Å². The molecule has 0 fully saturated rings. The first-order valence-electron chi connectivity index (χ1n) is 7.36. The van der Waals surface area contributed by atoms with Crippen LogP contribution in [0.5, 0.6) is 0 Å². The van der Waals surface area contributed by atoms with E-state index in [9.17, 15) is 4.79 Å². The Balaban J connectivity index is 0. The zero-order chi connectivity index (χ0) is 14.6. The highest BCUT2D eigenvalue weighted by Gasteiger charge is 2.02. The number of rotatable bonds is 10. The quantitative estimate of drug-likeness (QED) is 0.637. The number of hydrogen-bond acceptors (Lipinski definition) is 3. The monoisotopic (exact) mass is 349 g/mol. The van der Waals surface area contributed by atoms with Crippen LogP contribution >= 0.6 is 24.8 Å². The summed E-state index contributed by atoms with van der Waals surface area (Å²) in [6, 6.07) is 10.4. The lowest BCUT2D eigenvalue weighted by Gasteiger charge is -2.16. The molecule has 0 radical (unpaired) electrons. The first-order chi connectivity index (χ1) is 9.72. The van der Waals surface area contributed by atoms with Crippen molar-refractivity contribution in [2.75, 3.05) is 33.7 Å². The summed E-state index contributed by atoms with van der Waals surface area (Å²) in [5, 5.41) is 6.01. The van der Waals surface area contributed by atoms with Gasteiger partial charge in [0.15, 0.2) is 0 Å². The molecule has 0 spiro atoms. The van der Waals surface area contributed by atoms with Gasteiger partial charge in [-0.3, -0.25) is 4.79 Å². The van der Waals surface area contributed by atoms with Crippen LogP contribution in [0.25, 0.3) is 0 Å². The minimum absolute atomic E-state index is 0. The van der Waals surface area contributed by atoms with Gasteiger partial charge in [0.1, 0.15) is 0 Å². The third-order valence-electron chi connectivity index (χ3n) is 3.16. The molecule has 1 aromatic rings. The molecule has 0 saturated carbocycles. The maximum absolute atomic E-state index is 11.5. The lowest BCUT2D eigenvalue weighted by molar-refractivity contribution is -0.121. The highest BCUT2D eigenvalue weighted by atomic mass is 35.5. The molecule has 0 bridgehead atoms. The predicted octanol–water partition coefficient (Wildman–Crippen LogP) is 2.47. The van der Waals surface area contributed by atoms with Crippen LogP contribution in [0.3, 0.4) is 0 Å². The molecule has 0 aromatic heterocycles. The van der Waals surface area contributed by atoms with Crippen molar-refractivity contribution in [2.24, 2.45) is 0 Å². The zero-order valence-electron chi connectivity index (χ0n) is 13.5. The largest absolute Gasteiger partial charge is 0.356 e. The van der Waals surface area contributed by atoms with Crippen LogP contribution in [0.2, 0.25) is 0 Å². The van der Waals surface area contributed by atoms with Crippen molar-refractivity contribution in [1.29, 1.82) is 0 Å². The molecule has 6 heteroatoms. The van der Waals surface area contributed by atoms with Crippen molar-refractivity contribution in [1.82, 2.24) is 15.5 Å². The molecule has 0 atom stereocenters. The normalized spacial score (nSPS) is 9.77. The summed E-state index contributed by atoms with van der Waals surface area (Å²) >= 11 is 0. The minimum Gasteiger partial charge on any atom is -0.356 e. The topological polar surface area (TPSA) is 44.4 Å². The molecular weight excluding hydrogens is 321 g/mol. The Morgan fingerprint density at radius 3 is 2.41 bits per heavy atom. The molecule has 1 rings (SSSR count). The summed E-state index contributed by atoms with van der Waals surface area (Å²) in [5.41, 5.74) is 1.33. The number of carbonyl (C=O) groups is 1. The van der Waals surface area contributed by atoms with E-state index in [-0.39, 0.29) is 30.7 Å². The Morgan fingerprint density at radius 2 is 1.77 bits per heavy atom. The van der Waals surface area contributed by atoms with E-state index in [0.717, 1.165) is 39.0 Å². The predicted molar refractivity (Wildman–Crippen MR) is 98.1 cm³/mol. The average molecular weight is 350 g/mol. The van der Waals surface area contributed by atoms with Crippen molar-refractivity contribution >= 4 is 30.7 Å². The SMILES string of the molecule is CNCCCC(=O)NCCCN(C)Cc1ccccc1.Cl.Cl.